The third kappa shape index (κ3) is 3.11. The summed E-state index contributed by atoms with van der Waals surface area (Å²) in [5.74, 6) is -0.234. The molecule has 1 atom stereocenters. The molecular weight excluding hydrogens is 382 g/mol. The van der Waals surface area contributed by atoms with Crippen molar-refractivity contribution in [1.82, 2.24) is 4.90 Å². The Morgan fingerprint density at radius 3 is 2.64 bits per heavy atom. The molecule has 8 heteroatoms. The number of nitrogens with zero attached hydrogens (tertiary/aromatic N) is 1. The molecule has 1 amide bonds. The third-order valence-electron chi connectivity index (χ3n) is 5.65. The van der Waals surface area contributed by atoms with Gasteiger partial charge in [0.1, 0.15) is 11.2 Å². The fraction of sp³-hybridized carbons (Fsp3) is 0.400. The van der Waals surface area contributed by atoms with Crippen LogP contribution in [0.25, 0.3) is 21.9 Å². The molecule has 0 radical (unpaired) electrons. The molecule has 7 nitrogen and oxygen atoms in total. The SMILES string of the molecule is Cc1coc2cc3oc(=O)c(CC(=O)N(C)C4CCS(=O)(=O)C4)c(C)c3cc12. The Balaban J connectivity index is 1.70. The Hall–Kier alpha value is -2.61. The summed E-state index contributed by atoms with van der Waals surface area (Å²) in [7, 11) is -1.51. The van der Waals surface area contributed by atoms with Gasteiger partial charge in [0, 0.05) is 29.9 Å². The molecule has 0 aliphatic carbocycles. The van der Waals surface area contributed by atoms with Gasteiger partial charge in [-0.3, -0.25) is 4.79 Å². The van der Waals surface area contributed by atoms with Gasteiger partial charge >= 0.3 is 5.63 Å². The molecule has 28 heavy (non-hydrogen) atoms. The fourth-order valence-electron chi connectivity index (χ4n) is 3.80. The molecule has 1 saturated heterocycles. The van der Waals surface area contributed by atoms with E-state index in [9.17, 15) is 18.0 Å². The number of carbonyl (C=O) groups excluding carboxylic acids is 1. The van der Waals surface area contributed by atoms with E-state index in [0.717, 1.165) is 16.3 Å². The van der Waals surface area contributed by atoms with E-state index < -0.39 is 15.5 Å². The normalized spacial score (nSPS) is 18.8. The number of aryl methyl sites for hydroxylation is 2. The monoisotopic (exact) mass is 403 g/mol. The first-order valence-electron chi connectivity index (χ1n) is 9.06. The van der Waals surface area contributed by atoms with Gasteiger partial charge in [-0.05, 0) is 37.5 Å². The van der Waals surface area contributed by atoms with E-state index in [1.807, 2.05) is 13.0 Å². The lowest BCUT2D eigenvalue weighted by molar-refractivity contribution is -0.130. The number of fused-ring (bicyclic) bond motifs is 2. The average molecular weight is 403 g/mol. The van der Waals surface area contributed by atoms with Crippen molar-refractivity contribution in [2.75, 3.05) is 18.6 Å². The average Bonchev–Trinajstić information content (AvgIpc) is 3.18. The van der Waals surface area contributed by atoms with Crippen LogP contribution in [0, 0.1) is 13.8 Å². The van der Waals surface area contributed by atoms with Crippen molar-refractivity contribution < 1.29 is 22.0 Å². The zero-order chi connectivity index (χ0) is 20.2. The predicted molar refractivity (Wildman–Crippen MR) is 105 cm³/mol. The van der Waals surface area contributed by atoms with Gasteiger partial charge in [-0.2, -0.15) is 0 Å². The highest BCUT2D eigenvalue weighted by Crippen LogP contribution is 2.29. The summed E-state index contributed by atoms with van der Waals surface area (Å²) in [6.07, 6.45) is 1.94. The number of hydrogen-bond acceptors (Lipinski definition) is 6. The molecule has 3 heterocycles. The van der Waals surface area contributed by atoms with Crippen LogP contribution >= 0.6 is 0 Å². The number of likely N-dealkylation sites (N-methyl/N-ethyl adjacent to an activating group) is 1. The predicted octanol–water partition coefficient (Wildman–Crippen LogP) is 2.34. The second-order valence-electron chi connectivity index (χ2n) is 7.49. The van der Waals surface area contributed by atoms with Crippen LogP contribution in [0.2, 0.25) is 0 Å². The van der Waals surface area contributed by atoms with Crippen molar-refractivity contribution in [2.45, 2.75) is 32.7 Å². The summed E-state index contributed by atoms with van der Waals surface area (Å²) in [4.78, 5) is 26.7. The first-order chi connectivity index (χ1) is 13.2. The molecule has 3 aromatic rings. The Labute approximate surface area is 161 Å². The number of sulfone groups is 1. The number of benzene rings is 1. The maximum atomic E-state index is 12.7. The molecule has 1 aliphatic heterocycles. The lowest BCUT2D eigenvalue weighted by atomic mass is 10.0. The number of rotatable bonds is 3. The zero-order valence-corrected chi connectivity index (χ0v) is 16.8. The number of carbonyl (C=O) groups is 1. The maximum absolute atomic E-state index is 12.7. The second kappa shape index (κ2) is 6.48. The van der Waals surface area contributed by atoms with E-state index in [1.54, 1.807) is 26.3 Å². The molecular formula is C20H21NO6S. The summed E-state index contributed by atoms with van der Waals surface area (Å²) in [5.41, 5.74) is 2.45. The largest absolute Gasteiger partial charge is 0.464 e. The van der Waals surface area contributed by atoms with Crippen LogP contribution in [0.4, 0.5) is 0 Å². The highest BCUT2D eigenvalue weighted by Gasteiger charge is 2.33. The topological polar surface area (TPSA) is 97.8 Å². The zero-order valence-electron chi connectivity index (χ0n) is 15.9. The maximum Gasteiger partial charge on any atom is 0.340 e. The number of amides is 1. The van der Waals surface area contributed by atoms with Gasteiger partial charge in [0.15, 0.2) is 9.84 Å². The minimum absolute atomic E-state index is 0.0295. The van der Waals surface area contributed by atoms with Crippen molar-refractivity contribution >= 4 is 37.7 Å². The molecule has 1 aromatic carbocycles. The van der Waals surface area contributed by atoms with Crippen LogP contribution in [0.5, 0.6) is 0 Å². The van der Waals surface area contributed by atoms with Gasteiger partial charge in [0.2, 0.25) is 5.91 Å². The molecule has 2 aromatic heterocycles. The lowest BCUT2D eigenvalue weighted by Crippen LogP contribution is -2.39. The molecule has 148 valence electrons. The van der Waals surface area contributed by atoms with E-state index in [-0.39, 0.29) is 29.9 Å². The van der Waals surface area contributed by atoms with Gasteiger partial charge in [0.25, 0.3) is 0 Å². The van der Waals surface area contributed by atoms with Crippen molar-refractivity contribution in [3.63, 3.8) is 0 Å². The Morgan fingerprint density at radius 2 is 1.96 bits per heavy atom. The van der Waals surface area contributed by atoms with E-state index >= 15 is 0 Å². The number of furan rings is 1. The first-order valence-corrected chi connectivity index (χ1v) is 10.9. The Bertz CT molecular complexity index is 1270. The number of hydrogen-bond donors (Lipinski definition) is 0. The van der Waals surface area contributed by atoms with Crippen LogP contribution in [0.15, 0.2) is 32.0 Å². The smallest absolute Gasteiger partial charge is 0.340 e. The van der Waals surface area contributed by atoms with Crippen LogP contribution in [0.3, 0.4) is 0 Å². The molecule has 1 fully saturated rings. The van der Waals surface area contributed by atoms with Gasteiger partial charge in [0.05, 0.1) is 29.8 Å². The van der Waals surface area contributed by atoms with Crippen molar-refractivity contribution in [1.29, 1.82) is 0 Å². The molecule has 0 spiro atoms. The minimum Gasteiger partial charge on any atom is -0.464 e. The van der Waals surface area contributed by atoms with Crippen LogP contribution in [0.1, 0.15) is 23.1 Å². The fourth-order valence-corrected chi connectivity index (χ4v) is 5.58. The lowest BCUT2D eigenvalue weighted by Gasteiger charge is -2.23. The third-order valence-corrected chi connectivity index (χ3v) is 7.40. The van der Waals surface area contributed by atoms with Crippen molar-refractivity contribution in [3.05, 3.63) is 45.5 Å². The molecule has 1 aliphatic rings. The van der Waals surface area contributed by atoms with Gasteiger partial charge < -0.3 is 13.7 Å². The van der Waals surface area contributed by atoms with Gasteiger partial charge in [-0.1, -0.05) is 0 Å². The van der Waals surface area contributed by atoms with Crippen LogP contribution in [-0.4, -0.2) is 43.8 Å². The Kier molecular flexibility index (Phi) is 4.33. The van der Waals surface area contributed by atoms with Crippen LogP contribution < -0.4 is 5.63 Å². The molecule has 0 bridgehead atoms. The minimum atomic E-state index is -3.09. The van der Waals surface area contributed by atoms with Gasteiger partial charge in [-0.25, -0.2) is 13.2 Å². The highest BCUT2D eigenvalue weighted by atomic mass is 32.2. The van der Waals surface area contributed by atoms with E-state index in [1.165, 1.54) is 4.90 Å². The summed E-state index contributed by atoms with van der Waals surface area (Å²) in [6.45, 7) is 3.73. The second-order valence-corrected chi connectivity index (χ2v) is 9.72. The summed E-state index contributed by atoms with van der Waals surface area (Å²) < 4.78 is 34.3. The molecule has 1 unspecified atom stereocenters. The van der Waals surface area contributed by atoms with E-state index in [2.05, 4.69) is 0 Å². The Morgan fingerprint density at radius 1 is 1.21 bits per heavy atom. The standard InChI is InChI=1S/C20H21NO6S/c1-11-9-26-17-8-18-15(6-14(11)17)12(2)16(20(23)27-18)7-19(22)21(3)13-4-5-28(24,25)10-13/h6,8-9,13H,4-5,7,10H2,1-3H3. The summed E-state index contributed by atoms with van der Waals surface area (Å²) in [5, 5.41) is 1.68. The summed E-state index contributed by atoms with van der Waals surface area (Å²) in [6, 6.07) is 3.24. The summed E-state index contributed by atoms with van der Waals surface area (Å²) >= 11 is 0. The van der Waals surface area contributed by atoms with Crippen molar-refractivity contribution in [3.8, 4) is 0 Å². The highest BCUT2D eigenvalue weighted by molar-refractivity contribution is 7.91. The van der Waals surface area contributed by atoms with Crippen molar-refractivity contribution in [2.24, 2.45) is 0 Å². The first kappa shape index (κ1) is 18.7. The molecule has 0 saturated carbocycles. The molecule has 4 rings (SSSR count). The molecule has 0 N–H and O–H groups in total. The van der Waals surface area contributed by atoms with E-state index in [0.29, 0.717) is 28.7 Å². The van der Waals surface area contributed by atoms with Gasteiger partial charge in [-0.15, -0.1) is 0 Å². The van der Waals surface area contributed by atoms with Crippen LogP contribution in [-0.2, 0) is 21.1 Å². The van der Waals surface area contributed by atoms with E-state index in [4.69, 9.17) is 8.83 Å². The quantitative estimate of drug-likeness (QED) is 0.623.